The van der Waals surface area contributed by atoms with Crippen LogP contribution in [-0.2, 0) is 20.7 Å². The van der Waals surface area contributed by atoms with E-state index in [0.29, 0.717) is 19.6 Å². The SMILES string of the molecule is NC(=O)C1CN(C(=O)CCc2ccc(C(=O)O)cc2)CCO1. The number of hydrogen-bond acceptors (Lipinski definition) is 4. The predicted molar refractivity (Wildman–Crippen MR) is 77.2 cm³/mol. The summed E-state index contributed by atoms with van der Waals surface area (Å²) in [4.78, 5) is 35.6. The molecule has 1 aliphatic heterocycles. The molecule has 118 valence electrons. The van der Waals surface area contributed by atoms with Gasteiger partial charge < -0.3 is 20.5 Å². The molecule has 1 aliphatic rings. The van der Waals surface area contributed by atoms with Gasteiger partial charge in [0.05, 0.1) is 18.7 Å². The average Bonchev–Trinajstić information content (AvgIpc) is 2.53. The topological polar surface area (TPSA) is 110 Å². The Hall–Kier alpha value is -2.41. The van der Waals surface area contributed by atoms with Gasteiger partial charge in [-0.25, -0.2) is 4.79 Å². The Morgan fingerprint density at radius 3 is 2.55 bits per heavy atom. The van der Waals surface area contributed by atoms with Crippen LogP contribution in [0.15, 0.2) is 24.3 Å². The Labute approximate surface area is 127 Å². The number of carbonyl (C=O) groups excluding carboxylic acids is 2. The van der Waals surface area contributed by atoms with Crippen LogP contribution < -0.4 is 5.73 Å². The van der Waals surface area contributed by atoms with Crippen molar-refractivity contribution in [1.82, 2.24) is 4.90 Å². The van der Waals surface area contributed by atoms with Gasteiger partial charge in [0.25, 0.3) is 0 Å². The van der Waals surface area contributed by atoms with Crippen molar-refractivity contribution in [2.45, 2.75) is 18.9 Å². The van der Waals surface area contributed by atoms with Gasteiger partial charge >= 0.3 is 5.97 Å². The quantitative estimate of drug-likeness (QED) is 0.797. The molecule has 0 radical (unpaired) electrons. The number of aryl methyl sites for hydroxylation is 1. The molecule has 7 nitrogen and oxygen atoms in total. The lowest BCUT2D eigenvalue weighted by Gasteiger charge is -2.31. The monoisotopic (exact) mass is 306 g/mol. The third kappa shape index (κ3) is 4.05. The molecule has 2 rings (SSSR count). The molecule has 22 heavy (non-hydrogen) atoms. The molecule has 2 amide bonds. The van der Waals surface area contributed by atoms with Crippen molar-refractivity contribution < 1.29 is 24.2 Å². The zero-order valence-electron chi connectivity index (χ0n) is 12.0. The molecule has 1 saturated heterocycles. The molecular weight excluding hydrogens is 288 g/mol. The third-order valence-corrected chi connectivity index (χ3v) is 3.56. The number of carboxylic acid groups (broad SMARTS) is 1. The zero-order chi connectivity index (χ0) is 16.1. The van der Waals surface area contributed by atoms with E-state index in [1.807, 2.05) is 0 Å². The molecule has 0 bridgehead atoms. The van der Waals surface area contributed by atoms with Crippen molar-refractivity contribution in [3.8, 4) is 0 Å². The number of benzene rings is 1. The van der Waals surface area contributed by atoms with Gasteiger partial charge in [0, 0.05) is 13.0 Å². The first-order valence-corrected chi connectivity index (χ1v) is 6.98. The summed E-state index contributed by atoms with van der Waals surface area (Å²) in [5.41, 5.74) is 6.29. The van der Waals surface area contributed by atoms with E-state index in [9.17, 15) is 14.4 Å². The summed E-state index contributed by atoms with van der Waals surface area (Å²) in [5.74, 6) is -1.62. The summed E-state index contributed by atoms with van der Waals surface area (Å²) in [5, 5.41) is 8.82. The Bertz CT molecular complexity index is 570. The van der Waals surface area contributed by atoms with Crippen LogP contribution in [0.4, 0.5) is 0 Å². The largest absolute Gasteiger partial charge is 0.478 e. The predicted octanol–water partition coefficient (Wildman–Crippen LogP) is 0.0301. The number of hydrogen-bond donors (Lipinski definition) is 2. The fourth-order valence-electron chi connectivity index (χ4n) is 2.27. The molecule has 0 saturated carbocycles. The van der Waals surface area contributed by atoms with E-state index in [2.05, 4.69) is 0 Å². The molecule has 0 aliphatic carbocycles. The van der Waals surface area contributed by atoms with Crippen LogP contribution in [0.3, 0.4) is 0 Å². The standard InChI is InChI=1S/C15H18N2O5/c16-14(19)12-9-17(7-8-22-12)13(18)6-3-10-1-4-11(5-2-10)15(20)21/h1-2,4-5,12H,3,6-9H2,(H2,16,19)(H,20,21). The fourth-order valence-corrected chi connectivity index (χ4v) is 2.27. The lowest BCUT2D eigenvalue weighted by Crippen LogP contribution is -2.50. The van der Waals surface area contributed by atoms with E-state index in [0.717, 1.165) is 5.56 Å². The van der Waals surface area contributed by atoms with Crippen molar-refractivity contribution in [3.05, 3.63) is 35.4 Å². The van der Waals surface area contributed by atoms with Crippen LogP contribution in [0.25, 0.3) is 0 Å². The summed E-state index contributed by atoms with van der Waals surface area (Å²) >= 11 is 0. The van der Waals surface area contributed by atoms with Gasteiger partial charge in [-0.05, 0) is 24.1 Å². The number of morpholine rings is 1. The maximum absolute atomic E-state index is 12.1. The van der Waals surface area contributed by atoms with Crippen molar-refractivity contribution in [1.29, 1.82) is 0 Å². The normalized spacial score (nSPS) is 18.0. The highest BCUT2D eigenvalue weighted by Crippen LogP contribution is 2.11. The molecule has 0 spiro atoms. The van der Waals surface area contributed by atoms with Crippen LogP contribution >= 0.6 is 0 Å². The number of nitrogens with two attached hydrogens (primary N) is 1. The highest BCUT2D eigenvalue weighted by atomic mass is 16.5. The molecule has 0 aromatic heterocycles. The van der Waals surface area contributed by atoms with Crippen molar-refractivity contribution in [2.75, 3.05) is 19.7 Å². The summed E-state index contributed by atoms with van der Waals surface area (Å²) < 4.78 is 5.19. The summed E-state index contributed by atoms with van der Waals surface area (Å²) in [6.07, 6.45) is 0.0578. The van der Waals surface area contributed by atoms with E-state index in [4.69, 9.17) is 15.6 Å². The third-order valence-electron chi connectivity index (χ3n) is 3.56. The second-order valence-electron chi connectivity index (χ2n) is 5.10. The number of carbonyl (C=O) groups is 3. The molecular formula is C15H18N2O5. The number of carboxylic acids is 1. The van der Waals surface area contributed by atoms with Gasteiger partial charge in [0.15, 0.2) is 6.10 Å². The first-order valence-electron chi connectivity index (χ1n) is 6.98. The van der Waals surface area contributed by atoms with Crippen LogP contribution in [0.2, 0.25) is 0 Å². The maximum Gasteiger partial charge on any atom is 0.335 e. The van der Waals surface area contributed by atoms with Gasteiger partial charge in [-0.1, -0.05) is 12.1 Å². The van der Waals surface area contributed by atoms with E-state index >= 15 is 0 Å². The smallest absolute Gasteiger partial charge is 0.335 e. The average molecular weight is 306 g/mol. The molecule has 1 atom stereocenters. The number of primary amides is 1. The first-order chi connectivity index (χ1) is 10.5. The molecule has 1 aromatic carbocycles. The number of rotatable bonds is 5. The second kappa shape index (κ2) is 7.04. The zero-order valence-corrected chi connectivity index (χ0v) is 12.0. The van der Waals surface area contributed by atoms with E-state index < -0.39 is 18.0 Å². The van der Waals surface area contributed by atoms with Gasteiger partial charge in [-0.3, -0.25) is 9.59 Å². The Balaban J connectivity index is 1.86. The van der Waals surface area contributed by atoms with Crippen molar-refractivity contribution in [3.63, 3.8) is 0 Å². The van der Waals surface area contributed by atoms with E-state index in [1.54, 1.807) is 17.0 Å². The maximum atomic E-state index is 12.1. The van der Waals surface area contributed by atoms with E-state index in [1.165, 1.54) is 12.1 Å². The molecule has 1 unspecified atom stereocenters. The van der Waals surface area contributed by atoms with Crippen LogP contribution in [0.5, 0.6) is 0 Å². The highest BCUT2D eigenvalue weighted by molar-refractivity contribution is 5.87. The van der Waals surface area contributed by atoms with Crippen LogP contribution in [0, 0.1) is 0 Å². The lowest BCUT2D eigenvalue weighted by atomic mass is 10.1. The summed E-state index contributed by atoms with van der Waals surface area (Å²) in [7, 11) is 0. The number of amides is 2. The molecule has 1 aromatic rings. The number of aromatic carboxylic acids is 1. The molecule has 7 heteroatoms. The van der Waals surface area contributed by atoms with Crippen molar-refractivity contribution >= 4 is 17.8 Å². The first kappa shape index (κ1) is 16.0. The van der Waals surface area contributed by atoms with Crippen molar-refractivity contribution in [2.24, 2.45) is 5.73 Å². The minimum atomic E-state index is -0.978. The van der Waals surface area contributed by atoms with Crippen LogP contribution in [-0.4, -0.2) is 53.6 Å². The van der Waals surface area contributed by atoms with Gasteiger partial charge in [0.1, 0.15) is 0 Å². The minimum Gasteiger partial charge on any atom is -0.478 e. The fraction of sp³-hybridized carbons (Fsp3) is 0.400. The highest BCUT2D eigenvalue weighted by Gasteiger charge is 2.27. The Morgan fingerprint density at radius 1 is 1.27 bits per heavy atom. The van der Waals surface area contributed by atoms with Gasteiger partial charge in [-0.2, -0.15) is 0 Å². The Morgan fingerprint density at radius 2 is 1.95 bits per heavy atom. The summed E-state index contributed by atoms with van der Waals surface area (Å²) in [6.45, 7) is 0.930. The van der Waals surface area contributed by atoms with Gasteiger partial charge in [0.2, 0.25) is 11.8 Å². The summed E-state index contributed by atoms with van der Waals surface area (Å²) in [6, 6.07) is 6.42. The number of ether oxygens (including phenoxy) is 1. The van der Waals surface area contributed by atoms with Gasteiger partial charge in [-0.15, -0.1) is 0 Å². The minimum absolute atomic E-state index is 0.0724. The lowest BCUT2D eigenvalue weighted by molar-refractivity contribution is -0.145. The van der Waals surface area contributed by atoms with E-state index in [-0.39, 0.29) is 24.4 Å². The molecule has 1 heterocycles. The second-order valence-corrected chi connectivity index (χ2v) is 5.10. The molecule has 1 fully saturated rings. The van der Waals surface area contributed by atoms with Crippen LogP contribution in [0.1, 0.15) is 22.3 Å². The molecule has 3 N–H and O–H groups in total. The number of nitrogens with zero attached hydrogens (tertiary/aromatic N) is 1. The Kier molecular flexibility index (Phi) is 5.11.